The Hall–Kier alpha value is -3.39. The van der Waals surface area contributed by atoms with Crippen molar-refractivity contribution in [2.24, 2.45) is 5.41 Å². The summed E-state index contributed by atoms with van der Waals surface area (Å²) in [6, 6.07) is 16.0. The second kappa shape index (κ2) is 9.00. The Bertz CT molecular complexity index is 1270. The number of hydrogen-bond donors (Lipinski definition) is 1. The molecular weight excluding hydrogens is 459 g/mol. The molecule has 2 atom stereocenters. The Labute approximate surface area is 201 Å². The van der Waals surface area contributed by atoms with Gasteiger partial charge in [0.05, 0.1) is 12.0 Å². The van der Waals surface area contributed by atoms with E-state index in [1.807, 2.05) is 45.0 Å². The molecule has 3 aromatic rings. The molecule has 0 saturated carbocycles. The summed E-state index contributed by atoms with van der Waals surface area (Å²) >= 11 is 0. The molecule has 1 heterocycles. The molecule has 1 aliphatic rings. The second-order valence-electron chi connectivity index (χ2n) is 9.93. The number of halogens is 3. The van der Waals surface area contributed by atoms with Crippen molar-refractivity contribution in [2.75, 3.05) is 11.4 Å². The molecular formula is C27H26F3NO4. The Morgan fingerprint density at radius 3 is 2.34 bits per heavy atom. The number of amides is 1. The van der Waals surface area contributed by atoms with Gasteiger partial charge < -0.3 is 14.7 Å². The maximum Gasteiger partial charge on any atom is 0.416 e. The average molecular weight is 486 g/mol. The Kier molecular flexibility index (Phi) is 6.36. The van der Waals surface area contributed by atoms with Crippen molar-refractivity contribution in [3.8, 4) is 0 Å². The lowest BCUT2D eigenvalue weighted by Crippen LogP contribution is -2.44. The number of carboxylic acid groups (broad SMARTS) is 1. The van der Waals surface area contributed by atoms with Gasteiger partial charge in [-0.2, -0.15) is 13.2 Å². The number of carbonyl (C=O) groups excluding carboxylic acids is 1. The van der Waals surface area contributed by atoms with E-state index in [0.717, 1.165) is 22.9 Å². The van der Waals surface area contributed by atoms with Gasteiger partial charge in [-0.3, -0.25) is 9.59 Å². The molecule has 0 aliphatic carbocycles. The number of hydrogen-bond acceptors (Lipinski definition) is 3. The van der Waals surface area contributed by atoms with Crippen molar-refractivity contribution in [1.29, 1.82) is 0 Å². The minimum absolute atomic E-state index is 0.168. The highest BCUT2D eigenvalue weighted by atomic mass is 19.4. The molecule has 0 unspecified atom stereocenters. The predicted octanol–water partition coefficient (Wildman–Crippen LogP) is 6.20. The van der Waals surface area contributed by atoms with E-state index >= 15 is 0 Å². The van der Waals surface area contributed by atoms with E-state index in [1.165, 1.54) is 11.0 Å². The van der Waals surface area contributed by atoms with Crippen LogP contribution in [0.15, 0.2) is 60.7 Å². The number of aliphatic carboxylic acids is 1. The van der Waals surface area contributed by atoms with Crippen molar-refractivity contribution in [3.63, 3.8) is 0 Å². The average Bonchev–Trinajstić information content (AvgIpc) is 2.87. The Morgan fingerprint density at radius 1 is 1.00 bits per heavy atom. The lowest BCUT2D eigenvalue weighted by Gasteiger charge is -2.31. The summed E-state index contributed by atoms with van der Waals surface area (Å²) in [7, 11) is 0. The summed E-state index contributed by atoms with van der Waals surface area (Å²) in [6.07, 6.45) is -7.68. The summed E-state index contributed by atoms with van der Waals surface area (Å²) in [6.45, 7) is 5.85. The van der Waals surface area contributed by atoms with Gasteiger partial charge in [-0.1, -0.05) is 63.2 Å². The monoisotopic (exact) mass is 485 g/mol. The molecule has 0 spiro atoms. The van der Waals surface area contributed by atoms with Crippen LogP contribution < -0.4 is 4.90 Å². The molecule has 0 radical (unpaired) electrons. The van der Waals surface area contributed by atoms with Crippen molar-refractivity contribution >= 4 is 28.3 Å². The number of alkyl halides is 3. The molecule has 8 heteroatoms. The molecule has 0 bridgehead atoms. The minimum Gasteiger partial charge on any atom is -0.481 e. The summed E-state index contributed by atoms with van der Waals surface area (Å²) in [5.41, 5.74) is -0.275. The molecule has 184 valence electrons. The summed E-state index contributed by atoms with van der Waals surface area (Å²) in [5, 5.41) is 11.1. The van der Waals surface area contributed by atoms with Crippen LogP contribution in [0.4, 0.5) is 18.9 Å². The van der Waals surface area contributed by atoms with Crippen LogP contribution in [0, 0.1) is 5.41 Å². The van der Waals surface area contributed by atoms with E-state index in [-0.39, 0.29) is 17.8 Å². The van der Waals surface area contributed by atoms with Gasteiger partial charge in [-0.05, 0) is 39.9 Å². The van der Waals surface area contributed by atoms with Crippen LogP contribution in [-0.2, 0) is 20.5 Å². The van der Waals surface area contributed by atoms with Crippen molar-refractivity contribution < 1.29 is 32.6 Å². The fraction of sp³-hybridized carbons (Fsp3) is 0.333. The third-order valence-electron chi connectivity index (χ3n) is 5.87. The first kappa shape index (κ1) is 24.7. The Morgan fingerprint density at radius 2 is 1.69 bits per heavy atom. The number of ether oxygens (including phenoxy) is 1. The Balaban J connectivity index is 2.00. The second-order valence-corrected chi connectivity index (χ2v) is 9.93. The third kappa shape index (κ3) is 5.17. The van der Waals surface area contributed by atoms with Gasteiger partial charge in [0.25, 0.3) is 5.91 Å². The molecule has 5 nitrogen and oxygen atoms in total. The number of rotatable bonds is 4. The fourth-order valence-corrected chi connectivity index (χ4v) is 4.43. The smallest absolute Gasteiger partial charge is 0.416 e. The van der Waals surface area contributed by atoms with Crippen LogP contribution >= 0.6 is 0 Å². The largest absolute Gasteiger partial charge is 0.481 e. The zero-order valence-corrected chi connectivity index (χ0v) is 19.6. The summed E-state index contributed by atoms with van der Waals surface area (Å²) in [4.78, 5) is 26.6. The third-order valence-corrected chi connectivity index (χ3v) is 5.87. The zero-order valence-electron chi connectivity index (χ0n) is 19.6. The lowest BCUT2D eigenvalue weighted by atomic mass is 9.92. The van der Waals surface area contributed by atoms with E-state index in [2.05, 4.69) is 0 Å². The molecule has 3 aromatic carbocycles. The topological polar surface area (TPSA) is 66.8 Å². The number of carbonyl (C=O) groups is 2. The maximum absolute atomic E-state index is 13.7. The first-order valence-corrected chi connectivity index (χ1v) is 11.2. The number of anilines is 1. The van der Waals surface area contributed by atoms with Crippen LogP contribution in [0.5, 0.6) is 0 Å². The van der Waals surface area contributed by atoms with Gasteiger partial charge in [0.15, 0.2) is 0 Å². The van der Waals surface area contributed by atoms with Crippen LogP contribution in [0.2, 0.25) is 0 Å². The first-order valence-electron chi connectivity index (χ1n) is 11.2. The highest BCUT2D eigenvalue weighted by Crippen LogP contribution is 2.44. The van der Waals surface area contributed by atoms with Crippen LogP contribution in [-0.4, -0.2) is 29.6 Å². The summed E-state index contributed by atoms with van der Waals surface area (Å²) < 4.78 is 47.3. The molecule has 0 aromatic heterocycles. The predicted molar refractivity (Wildman–Crippen MR) is 126 cm³/mol. The number of fused-ring (bicyclic) bond motifs is 2. The van der Waals surface area contributed by atoms with Gasteiger partial charge in [0, 0.05) is 17.8 Å². The molecule has 0 saturated heterocycles. The van der Waals surface area contributed by atoms with Crippen LogP contribution in [0.25, 0.3) is 10.8 Å². The van der Waals surface area contributed by atoms with E-state index < -0.39 is 47.7 Å². The van der Waals surface area contributed by atoms with Crippen molar-refractivity contribution in [2.45, 2.75) is 45.6 Å². The quantitative estimate of drug-likeness (QED) is 0.478. The maximum atomic E-state index is 13.7. The number of carboxylic acids is 1. The van der Waals surface area contributed by atoms with Crippen LogP contribution in [0.1, 0.15) is 50.0 Å². The number of benzene rings is 3. The fourth-order valence-electron chi connectivity index (χ4n) is 4.43. The first-order chi connectivity index (χ1) is 16.3. The molecule has 1 N–H and O–H groups in total. The van der Waals surface area contributed by atoms with Crippen molar-refractivity contribution in [3.05, 3.63) is 77.4 Å². The standard InChI is InChI=1S/C27H26F3NO4/c1-26(2,3)15-31-21-12-11-17(27(28,29)30)13-20(21)24(35-22(25(31)34)14-23(32)33)19-10-6-8-16-7-4-5-9-18(16)19/h4-13,22,24H,14-15H2,1-3H3,(H,32,33)/t22-,24-/m1/s1. The van der Waals surface area contributed by atoms with Gasteiger partial charge in [0.1, 0.15) is 12.2 Å². The molecule has 35 heavy (non-hydrogen) atoms. The van der Waals surface area contributed by atoms with E-state index in [1.54, 1.807) is 18.2 Å². The highest BCUT2D eigenvalue weighted by Gasteiger charge is 2.41. The van der Waals surface area contributed by atoms with E-state index in [0.29, 0.717) is 5.56 Å². The summed E-state index contributed by atoms with van der Waals surface area (Å²) in [5.74, 6) is -1.83. The molecule has 1 aliphatic heterocycles. The van der Waals surface area contributed by atoms with Gasteiger partial charge >= 0.3 is 12.1 Å². The molecule has 1 amide bonds. The lowest BCUT2D eigenvalue weighted by molar-refractivity contribution is -0.147. The highest BCUT2D eigenvalue weighted by molar-refractivity contribution is 6.00. The van der Waals surface area contributed by atoms with Crippen molar-refractivity contribution in [1.82, 2.24) is 0 Å². The zero-order chi connectivity index (χ0) is 25.5. The van der Waals surface area contributed by atoms with Gasteiger partial charge in [0.2, 0.25) is 0 Å². The SMILES string of the molecule is CC(C)(C)CN1C(=O)[C@@H](CC(=O)O)O[C@H](c2cccc3ccccc23)c2cc(C(F)(F)F)ccc21. The molecule has 4 rings (SSSR count). The van der Waals surface area contributed by atoms with Gasteiger partial charge in [-0.15, -0.1) is 0 Å². The molecule has 0 fully saturated rings. The van der Waals surface area contributed by atoms with Gasteiger partial charge in [-0.25, -0.2) is 0 Å². The van der Waals surface area contributed by atoms with Crippen LogP contribution in [0.3, 0.4) is 0 Å². The number of nitrogens with zero attached hydrogens (tertiary/aromatic N) is 1. The minimum atomic E-state index is -4.61. The van der Waals surface area contributed by atoms with E-state index in [9.17, 15) is 27.9 Å². The van der Waals surface area contributed by atoms with E-state index in [4.69, 9.17) is 4.74 Å². The normalized spacial score (nSPS) is 18.9.